The number of carbonyl (C=O) groups excluding carboxylic acids is 7. The van der Waals surface area contributed by atoms with Gasteiger partial charge in [0.05, 0.1) is 19.2 Å². The Morgan fingerprint density at radius 1 is 0.940 bits per heavy atom. The minimum atomic E-state index is -1.19. The summed E-state index contributed by atoms with van der Waals surface area (Å²) < 4.78 is 5.35. The third-order valence-corrected chi connectivity index (χ3v) is 9.20. The number of nitrogens with zero attached hydrogens (tertiary/aromatic N) is 1. The summed E-state index contributed by atoms with van der Waals surface area (Å²) in [6.07, 6.45) is 4.70. The van der Waals surface area contributed by atoms with Gasteiger partial charge in [-0.2, -0.15) is 0 Å². The van der Waals surface area contributed by atoms with Crippen LogP contribution in [0.25, 0.3) is 0 Å². The molecule has 4 N–H and O–H groups in total. The van der Waals surface area contributed by atoms with E-state index in [2.05, 4.69) is 21.3 Å². The Morgan fingerprint density at radius 3 is 2.20 bits per heavy atom. The molecule has 5 amide bonds. The van der Waals surface area contributed by atoms with Crippen molar-refractivity contribution >= 4 is 41.3 Å². The van der Waals surface area contributed by atoms with Gasteiger partial charge in [0.15, 0.2) is 5.78 Å². The molecule has 1 aliphatic carbocycles. The third kappa shape index (κ3) is 11.7. The van der Waals surface area contributed by atoms with Crippen LogP contribution in [0.5, 0.6) is 0 Å². The van der Waals surface area contributed by atoms with Crippen molar-refractivity contribution in [2.24, 2.45) is 17.3 Å². The van der Waals surface area contributed by atoms with E-state index in [9.17, 15) is 33.6 Å². The lowest BCUT2D eigenvalue weighted by atomic mass is 9.83. The highest BCUT2D eigenvalue weighted by atomic mass is 16.5. The lowest BCUT2D eigenvalue weighted by Gasteiger charge is -2.35. The summed E-state index contributed by atoms with van der Waals surface area (Å²) in [5.74, 6) is -3.88. The van der Waals surface area contributed by atoms with Crippen molar-refractivity contribution < 1.29 is 38.3 Å². The minimum absolute atomic E-state index is 0.107. The summed E-state index contributed by atoms with van der Waals surface area (Å²) in [6, 6.07) is 4.74. The fraction of sp³-hybridized carbons (Fsp3) is 0.649. The van der Waals surface area contributed by atoms with Crippen LogP contribution in [0.1, 0.15) is 105 Å². The molecule has 3 rings (SSSR count). The number of hydrogen-bond acceptors (Lipinski definition) is 8. The Bertz CT molecular complexity index is 1370. The van der Waals surface area contributed by atoms with Crippen molar-refractivity contribution in [2.75, 3.05) is 19.7 Å². The van der Waals surface area contributed by atoms with Crippen molar-refractivity contribution in [3.8, 4) is 0 Å². The number of rotatable bonds is 16. The maximum absolute atomic E-state index is 14.2. The Hall–Kier alpha value is -4.29. The van der Waals surface area contributed by atoms with Crippen LogP contribution in [0, 0.1) is 17.3 Å². The molecule has 0 bridgehead atoms. The summed E-state index contributed by atoms with van der Waals surface area (Å²) in [4.78, 5) is 93.3. The molecule has 1 aliphatic heterocycles. The highest BCUT2D eigenvalue weighted by Crippen LogP contribution is 2.36. The van der Waals surface area contributed by atoms with Crippen LogP contribution >= 0.6 is 0 Å². The third-order valence-electron chi connectivity index (χ3n) is 9.20. The number of benzene rings is 1. The predicted molar refractivity (Wildman–Crippen MR) is 186 cm³/mol. The molecule has 13 heteroatoms. The number of hydrogen-bond donors (Lipinski definition) is 4. The SMILES string of the molecule is CCCC(NC(=O)[C@@H]1CC(C)(C)CN1C(=O)[C@@H](NC(=O)OCC(C)C)C1CCCCC1)C(=O)C(=O)NCC(=O)N[C@H](C(C)=O)c1ccccc1. The first kappa shape index (κ1) is 40.1. The zero-order valence-electron chi connectivity index (χ0n) is 30.3. The largest absolute Gasteiger partial charge is 0.449 e. The Labute approximate surface area is 295 Å². The number of carbonyl (C=O) groups is 7. The highest BCUT2D eigenvalue weighted by Gasteiger charge is 2.47. The van der Waals surface area contributed by atoms with Crippen LogP contribution in [-0.4, -0.2) is 84.0 Å². The van der Waals surface area contributed by atoms with E-state index >= 15 is 0 Å². The lowest BCUT2D eigenvalue weighted by Crippen LogP contribution is -2.58. The summed E-state index contributed by atoms with van der Waals surface area (Å²) in [5, 5.41) is 10.4. The molecule has 1 aromatic carbocycles. The van der Waals surface area contributed by atoms with Crippen molar-refractivity contribution in [1.29, 1.82) is 0 Å². The highest BCUT2D eigenvalue weighted by molar-refractivity contribution is 6.38. The monoisotopic (exact) mass is 697 g/mol. The first-order valence-corrected chi connectivity index (χ1v) is 17.8. The molecule has 1 saturated carbocycles. The van der Waals surface area contributed by atoms with Gasteiger partial charge in [0.1, 0.15) is 18.1 Å². The fourth-order valence-electron chi connectivity index (χ4n) is 6.68. The van der Waals surface area contributed by atoms with Gasteiger partial charge in [-0.1, -0.05) is 90.6 Å². The lowest BCUT2D eigenvalue weighted by molar-refractivity contribution is -0.143. The van der Waals surface area contributed by atoms with Crippen LogP contribution in [-0.2, 0) is 33.5 Å². The van der Waals surface area contributed by atoms with E-state index in [4.69, 9.17) is 4.74 Å². The minimum Gasteiger partial charge on any atom is -0.449 e. The fourth-order valence-corrected chi connectivity index (χ4v) is 6.68. The molecule has 1 heterocycles. The van der Waals surface area contributed by atoms with Crippen LogP contribution in [0.15, 0.2) is 30.3 Å². The average Bonchev–Trinajstić information content (AvgIpc) is 3.42. The van der Waals surface area contributed by atoms with E-state index in [-0.39, 0.29) is 43.1 Å². The van der Waals surface area contributed by atoms with Crippen LogP contribution in [0.3, 0.4) is 0 Å². The Morgan fingerprint density at radius 2 is 1.60 bits per heavy atom. The number of alkyl carbamates (subject to hydrolysis) is 1. The van der Waals surface area contributed by atoms with Gasteiger partial charge >= 0.3 is 6.09 Å². The predicted octanol–water partition coefficient (Wildman–Crippen LogP) is 3.36. The second-order valence-electron chi connectivity index (χ2n) is 14.8. The molecular weight excluding hydrogens is 642 g/mol. The van der Waals surface area contributed by atoms with Gasteiger partial charge < -0.3 is 30.9 Å². The van der Waals surface area contributed by atoms with Crippen LogP contribution in [0.2, 0.25) is 0 Å². The average molecular weight is 698 g/mol. The van der Waals surface area contributed by atoms with Gasteiger partial charge in [-0.3, -0.25) is 28.8 Å². The molecular formula is C37H55N5O8. The van der Waals surface area contributed by atoms with Gasteiger partial charge in [-0.05, 0) is 55.4 Å². The molecule has 2 aliphatic rings. The zero-order valence-corrected chi connectivity index (χ0v) is 30.3. The van der Waals surface area contributed by atoms with Gasteiger partial charge in [0, 0.05) is 6.54 Å². The van der Waals surface area contributed by atoms with E-state index in [0.717, 1.165) is 32.1 Å². The first-order valence-electron chi connectivity index (χ1n) is 17.8. The molecule has 4 atom stereocenters. The molecule has 0 radical (unpaired) electrons. The van der Waals surface area contributed by atoms with Gasteiger partial charge in [-0.15, -0.1) is 0 Å². The molecule has 0 spiro atoms. The molecule has 50 heavy (non-hydrogen) atoms. The normalized spacial score (nSPS) is 19.1. The smallest absolute Gasteiger partial charge is 0.407 e. The summed E-state index contributed by atoms with van der Waals surface area (Å²) in [5.41, 5.74) is 0.148. The maximum Gasteiger partial charge on any atom is 0.407 e. The van der Waals surface area contributed by atoms with Gasteiger partial charge in [-0.25, -0.2) is 4.79 Å². The van der Waals surface area contributed by atoms with E-state index < -0.39 is 65.7 Å². The number of likely N-dealkylation sites (tertiary alicyclic amines) is 1. The zero-order chi connectivity index (χ0) is 37.0. The molecule has 13 nitrogen and oxygen atoms in total. The summed E-state index contributed by atoms with van der Waals surface area (Å²) in [6.45, 7) is 10.8. The van der Waals surface area contributed by atoms with E-state index in [1.807, 2.05) is 27.7 Å². The molecule has 1 saturated heterocycles. The van der Waals surface area contributed by atoms with Crippen molar-refractivity contribution in [2.45, 2.75) is 117 Å². The van der Waals surface area contributed by atoms with Crippen LogP contribution in [0.4, 0.5) is 4.79 Å². The second-order valence-corrected chi connectivity index (χ2v) is 14.8. The van der Waals surface area contributed by atoms with Crippen molar-refractivity contribution in [3.05, 3.63) is 35.9 Å². The van der Waals surface area contributed by atoms with E-state index in [1.54, 1.807) is 37.3 Å². The number of ether oxygens (including phenoxy) is 1. The van der Waals surface area contributed by atoms with E-state index in [1.165, 1.54) is 11.8 Å². The Kier molecular flexibility index (Phi) is 15.0. The molecule has 1 unspecified atom stereocenters. The summed E-state index contributed by atoms with van der Waals surface area (Å²) >= 11 is 0. The van der Waals surface area contributed by atoms with Gasteiger partial charge in [0.25, 0.3) is 5.91 Å². The number of amides is 5. The van der Waals surface area contributed by atoms with Crippen molar-refractivity contribution in [1.82, 2.24) is 26.2 Å². The second kappa shape index (κ2) is 18.6. The molecule has 1 aromatic rings. The quantitative estimate of drug-likeness (QED) is 0.190. The molecule has 0 aromatic heterocycles. The topological polar surface area (TPSA) is 180 Å². The van der Waals surface area contributed by atoms with Gasteiger partial charge in [0.2, 0.25) is 23.5 Å². The van der Waals surface area contributed by atoms with E-state index in [0.29, 0.717) is 18.4 Å². The van der Waals surface area contributed by atoms with Crippen molar-refractivity contribution in [3.63, 3.8) is 0 Å². The van der Waals surface area contributed by atoms with Crippen LogP contribution < -0.4 is 21.3 Å². The number of Topliss-reactive ketones (excluding diaryl/α,β-unsaturated/α-hetero) is 2. The molecule has 276 valence electrons. The maximum atomic E-state index is 14.2. The Balaban J connectivity index is 1.70. The molecule has 2 fully saturated rings. The summed E-state index contributed by atoms with van der Waals surface area (Å²) in [7, 11) is 0. The first-order chi connectivity index (χ1) is 23.6. The number of ketones is 2. The standard InChI is InChI=1S/C37H55N5O8/c1-7-14-27(32(45)34(47)38-20-29(44)40-30(24(4)43)25-15-10-8-11-16-25)39-33(46)28-19-37(5,6)22-42(28)35(48)31(26-17-12-9-13-18-26)41-36(49)50-21-23(2)3/h8,10-11,15-16,23,26-28,30-31H,7,9,12-14,17-22H2,1-6H3,(H,38,47)(H,39,46)(H,40,44)(H,41,49)/t27?,28-,30+,31-/m0/s1. The number of nitrogens with one attached hydrogen (secondary N) is 4.